The van der Waals surface area contributed by atoms with Crippen LogP contribution in [0.5, 0.6) is 0 Å². The monoisotopic (exact) mass is 147 g/mol. The largest absolute Gasteiger partial charge is 0.305 e. The van der Waals surface area contributed by atoms with Gasteiger partial charge in [0.25, 0.3) is 0 Å². The van der Waals surface area contributed by atoms with E-state index < -0.39 is 8.07 Å². The van der Waals surface area contributed by atoms with E-state index in [9.17, 15) is 0 Å². The molecular formula is C6H17NOSi. The Kier molecular flexibility index (Phi) is 3.39. The van der Waals surface area contributed by atoms with E-state index in [1.165, 1.54) is 0 Å². The quantitative estimate of drug-likeness (QED) is 0.485. The third-order valence-electron chi connectivity index (χ3n) is 1.50. The Bertz CT molecular complexity index is 75.6. The summed E-state index contributed by atoms with van der Waals surface area (Å²) < 4.78 is 0. The number of rotatable bonds is 3. The van der Waals surface area contributed by atoms with E-state index in [0.717, 1.165) is 6.42 Å². The summed E-state index contributed by atoms with van der Waals surface area (Å²) in [6.45, 7) is 8.88. The Hall–Kier alpha value is 0.137. The molecule has 0 amide bonds. The van der Waals surface area contributed by atoms with Gasteiger partial charge in [0, 0.05) is 0 Å². The normalized spacial score (nSPS) is 15.7. The van der Waals surface area contributed by atoms with Crippen LogP contribution in [0, 0.1) is 0 Å². The predicted molar refractivity (Wildman–Crippen MR) is 42.7 cm³/mol. The van der Waals surface area contributed by atoms with Crippen molar-refractivity contribution in [1.29, 1.82) is 0 Å². The molecule has 0 aromatic heterocycles. The van der Waals surface area contributed by atoms with E-state index in [4.69, 9.17) is 10.7 Å². The molecule has 0 aliphatic rings. The highest BCUT2D eigenvalue weighted by molar-refractivity contribution is 6.77. The molecule has 1 atom stereocenters. The summed E-state index contributed by atoms with van der Waals surface area (Å²) in [7, 11) is -1.13. The zero-order valence-electron chi connectivity index (χ0n) is 6.77. The van der Waals surface area contributed by atoms with Crippen LogP contribution in [0.25, 0.3) is 0 Å². The van der Waals surface area contributed by atoms with Crippen LogP contribution >= 0.6 is 0 Å². The molecule has 56 valence electrons. The van der Waals surface area contributed by atoms with Gasteiger partial charge in [0.2, 0.25) is 0 Å². The van der Waals surface area contributed by atoms with E-state index in [0.29, 0.717) is 5.73 Å². The van der Waals surface area contributed by atoms with Crippen LogP contribution in [0.2, 0.25) is 19.6 Å². The Labute approximate surface area is 58.4 Å². The highest BCUT2D eigenvalue weighted by Gasteiger charge is 2.25. The SMILES string of the molecule is CCC(ON)[Si](C)(C)C. The lowest BCUT2D eigenvalue weighted by Crippen LogP contribution is -2.41. The van der Waals surface area contributed by atoms with Gasteiger partial charge in [-0.05, 0) is 6.42 Å². The molecule has 9 heavy (non-hydrogen) atoms. The van der Waals surface area contributed by atoms with Gasteiger partial charge in [-0.1, -0.05) is 26.6 Å². The predicted octanol–water partition coefficient (Wildman–Crippen LogP) is 1.53. The van der Waals surface area contributed by atoms with E-state index in [2.05, 4.69) is 26.6 Å². The van der Waals surface area contributed by atoms with Crippen molar-refractivity contribution in [2.75, 3.05) is 0 Å². The summed E-state index contributed by atoms with van der Waals surface area (Å²) in [5.74, 6) is 5.10. The smallest absolute Gasteiger partial charge is 0.0811 e. The Balaban J connectivity index is 3.79. The van der Waals surface area contributed by atoms with Gasteiger partial charge in [0.1, 0.15) is 0 Å². The van der Waals surface area contributed by atoms with Gasteiger partial charge in [-0.15, -0.1) is 0 Å². The summed E-state index contributed by atoms with van der Waals surface area (Å²) in [4.78, 5) is 4.83. The van der Waals surface area contributed by atoms with Crippen LogP contribution < -0.4 is 5.90 Å². The lowest BCUT2D eigenvalue weighted by molar-refractivity contribution is 0.0991. The van der Waals surface area contributed by atoms with Crippen molar-refractivity contribution in [1.82, 2.24) is 0 Å². The molecule has 0 spiro atoms. The van der Waals surface area contributed by atoms with E-state index in [1.54, 1.807) is 0 Å². The first-order valence-electron chi connectivity index (χ1n) is 3.38. The van der Waals surface area contributed by atoms with Crippen molar-refractivity contribution in [3.8, 4) is 0 Å². The minimum Gasteiger partial charge on any atom is -0.305 e. The fourth-order valence-electron chi connectivity index (χ4n) is 0.913. The minimum atomic E-state index is -1.13. The van der Waals surface area contributed by atoms with Crippen molar-refractivity contribution >= 4 is 8.07 Å². The van der Waals surface area contributed by atoms with Gasteiger partial charge in [-0.2, -0.15) is 0 Å². The van der Waals surface area contributed by atoms with Crippen LogP contribution in [0.1, 0.15) is 13.3 Å². The average molecular weight is 147 g/mol. The van der Waals surface area contributed by atoms with Crippen LogP contribution in [-0.2, 0) is 4.84 Å². The van der Waals surface area contributed by atoms with E-state index in [1.807, 2.05) is 0 Å². The molecule has 0 fully saturated rings. The second-order valence-corrected chi connectivity index (χ2v) is 8.77. The highest BCUT2D eigenvalue weighted by Crippen LogP contribution is 2.12. The van der Waals surface area contributed by atoms with Crippen LogP contribution in [-0.4, -0.2) is 13.8 Å². The maximum Gasteiger partial charge on any atom is 0.0811 e. The molecule has 0 aliphatic heterocycles. The molecule has 0 radical (unpaired) electrons. The fraction of sp³-hybridized carbons (Fsp3) is 1.00. The van der Waals surface area contributed by atoms with E-state index in [-0.39, 0.29) is 0 Å². The second kappa shape index (κ2) is 3.34. The van der Waals surface area contributed by atoms with Gasteiger partial charge < -0.3 is 4.84 Å². The second-order valence-electron chi connectivity index (χ2n) is 3.40. The standard InChI is InChI=1S/C6H17NOSi/c1-5-6(8-7)9(2,3)4/h6H,5,7H2,1-4H3. The number of nitrogens with two attached hydrogens (primary N) is 1. The third kappa shape index (κ3) is 2.98. The molecule has 0 heterocycles. The van der Waals surface area contributed by atoms with E-state index >= 15 is 0 Å². The zero-order chi connectivity index (χ0) is 7.49. The van der Waals surface area contributed by atoms with Crippen molar-refractivity contribution in [2.45, 2.75) is 38.7 Å². The molecule has 0 aromatic rings. The van der Waals surface area contributed by atoms with Gasteiger partial charge in [0.15, 0.2) is 0 Å². The Morgan fingerprint density at radius 1 is 1.44 bits per heavy atom. The molecule has 2 N–H and O–H groups in total. The van der Waals surface area contributed by atoms with Gasteiger partial charge in [-0.3, -0.25) is 0 Å². The average Bonchev–Trinajstić information content (AvgIpc) is 1.65. The summed E-state index contributed by atoms with van der Waals surface area (Å²) in [6.07, 6.45) is 1.03. The summed E-state index contributed by atoms with van der Waals surface area (Å²) in [5.41, 5.74) is 0.317. The third-order valence-corrected chi connectivity index (χ3v) is 3.98. The maximum atomic E-state index is 5.10. The Morgan fingerprint density at radius 2 is 1.89 bits per heavy atom. The lowest BCUT2D eigenvalue weighted by Gasteiger charge is -2.24. The fourth-order valence-corrected chi connectivity index (χ4v) is 2.55. The van der Waals surface area contributed by atoms with Crippen molar-refractivity contribution in [3.05, 3.63) is 0 Å². The van der Waals surface area contributed by atoms with Gasteiger partial charge >= 0.3 is 0 Å². The zero-order valence-corrected chi connectivity index (χ0v) is 7.77. The van der Waals surface area contributed by atoms with Gasteiger partial charge in [0.05, 0.1) is 13.8 Å². The number of hydrogen-bond acceptors (Lipinski definition) is 2. The van der Waals surface area contributed by atoms with Crippen molar-refractivity contribution in [3.63, 3.8) is 0 Å². The molecule has 0 rings (SSSR count). The summed E-state index contributed by atoms with van der Waals surface area (Å²) >= 11 is 0. The highest BCUT2D eigenvalue weighted by atomic mass is 28.3. The van der Waals surface area contributed by atoms with Crippen LogP contribution in [0.3, 0.4) is 0 Å². The minimum absolute atomic E-state index is 0.317. The maximum absolute atomic E-state index is 5.10. The molecule has 2 nitrogen and oxygen atoms in total. The Morgan fingerprint density at radius 3 is 1.89 bits per heavy atom. The van der Waals surface area contributed by atoms with Crippen molar-refractivity contribution < 1.29 is 4.84 Å². The van der Waals surface area contributed by atoms with Gasteiger partial charge in [-0.25, -0.2) is 5.90 Å². The first-order chi connectivity index (χ1) is 4.02. The molecule has 0 saturated carbocycles. The van der Waals surface area contributed by atoms with Crippen LogP contribution in [0.15, 0.2) is 0 Å². The molecule has 1 unspecified atom stereocenters. The number of hydrogen-bond donors (Lipinski definition) is 1. The first-order valence-corrected chi connectivity index (χ1v) is 6.95. The first kappa shape index (κ1) is 9.14. The van der Waals surface area contributed by atoms with Crippen molar-refractivity contribution in [2.24, 2.45) is 5.90 Å². The molecular weight excluding hydrogens is 130 g/mol. The summed E-state index contributed by atoms with van der Waals surface area (Å²) in [6, 6.07) is 0. The molecule has 0 saturated heterocycles. The summed E-state index contributed by atoms with van der Waals surface area (Å²) in [5, 5.41) is 0. The molecule has 0 aromatic carbocycles. The topological polar surface area (TPSA) is 35.2 Å². The molecule has 0 aliphatic carbocycles. The molecule has 0 bridgehead atoms. The lowest BCUT2D eigenvalue weighted by atomic mass is 10.5. The van der Waals surface area contributed by atoms with Crippen LogP contribution in [0.4, 0.5) is 0 Å². The molecule has 3 heteroatoms.